The molecule has 0 spiro atoms. The van der Waals surface area contributed by atoms with Crippen molar-refractivity contribution < 1.29 is 9.53 Å². The van der Waals surface area contributed by atoms with Crippen LogP contribution in [0.1, 0.15) is 29.6 Å². The maximum atomic E-state index is 12.9. The van der Waals surface area contributed by atoms with Gasteiger partial charge in [0.1, 0.15) is 4.60 Å². The van der Waals surface area contributed by atoms with Crippen LogP contribution < -0.4 is 0 Å². The third-order valence-electron chi connectivity index (χ3n) is 4.01. The molecule has 2 saturated heterocycles. The number of ether oxygens (including phenoxy) is 1. The molecule has 0 N–H and O–H groups in total. The van der Waals surface area contributed by atoms with Gasteiger partial charge in [0.05, 0.1) is 6.10 Å². The molecule has 3 rings (SSSR count). The third kappa shape index (κ3) is 3.79. The van der Waals surface area contributed by atoms with Gasteiger partial charge < -0.3 is 9.64 Å². The summed E-state index contributed by atoms with van der Waals surface area (Å²) in [6.45, 7) is 1.54. The maximum absolute atomic E-state index is 12.9. The van der Waals surface area contributed by atoms with Gasteiger partial charge >= 0.3 is 0 Å². The molecule has 2 atom stereocenters. The van der Waals surface area contributed by atoms with Crippen molar-refractivity contribution >= 4 is 33.6 Å². The van der Waals surface area contributed by atoms with Crippen molar-refractivity contribution in [3.05, 3.63) is 28.5 Å². The Bertz CT molecular complexity index is 502. The van der Waals surface area contributed by atoms with Crippen molar-refractivity contribution in [2.45, 2.75) is 31.4 Å². The molecule has 0 aromatic carbocycles. The lowest BCUT2D eigenvalue weighted by molar-refractivity contribution is 0.0441. The van der Waals surface area contributed by atoms with E-state index in [0.29, 0.717) is 22.8 Å². The molecule has 1 aromatic rings. The van der Waals surface area contributed by atoms with Crippen molar-refractivity contribution in [1.29, 1.82) is 0 Å². The van der Waals surface area contributed by atoms with Crippen LogP contribution in [0.25, 0.3) is 0 Å². The third-order valence-corrected chi connectivity index (χ3v) is 5.58. The normalized spacial score (nSPS) is 25.2. The zero-order chi connectivity index (χ0) is 14.7. The number of nitrogens with zero attached hydrogens (tertiary/aromatic N) is 2. The van der Waals surface area contributed by atoms with Crippen LogP contribution in [0.2, 0.25) is 0 Å². The average Bonchev–Trinajstić information content (AvgIpc) is 3.17. The summed E-state index contributed by atoms with van der Waals surface area (Å²) in [5, 5.41) is 0. The zero-order valence-corrected chi connectivity index (χ0v) is 14.2. The molecular formula is C15H19BrN2O2S. The number of pyridine rings is 1. The Labute approximate surface area is 137 Å². The Kier molecular flexibility index (Phi) is 5.19. The van der Waals surface area contributed by atoms with Crippen LogP contribution in [0.5, 0.6) is 0 Å². The van der Waals surface area contributed by atoms with E-state index in [-0.39, 0.29) is 12.0 Å². The van der Waals surface area contributed by atoms with Crippen molar-refractivity contribution in [3.8, 4) is 0 Å². The SMILES string of the molecule is O=C(c1ccnc(Br)c1)N(CC1CCCO1)C1CCSC1. The summed E-state index contributed by atoms with van der Waals surface area (Å²) in [7, 11) is 0. The van der Waals surface area contributed by atoms with Crippen LogP contribution in [-0.4, -0.2) is 52.6 Å². The fourth-order valence-electron chi connectivity index (χ4n) is 2.87. The number of carbonyl (C=O) groups is 1. The van der Waals surface area contributed by atoms with Crippen molar-refractivity contribution in [2.75, 3.05) is 24.7 Å². The van der Waals surface area contributed by atoms with E-state index in [0.717, 1.165) is 37.4 Å². The Morgan fingerprint density at radius 1 is 1.52 bits per heavy atom. The van der Waals surface area contributed by atoms with Gasteiger partial charge in [-0.2, -0.15) is 11.8 Å². The van der Waals surface area contributed by atoms with Gasteiger partial charge in [-0.1, -0.05) is 0 Å². The molecule has 2 aliphatic heterocycles. The zero-order valence-electron chi connectivity index (χ0n) is 11.8. The molecule has 21 heavy (non-hydrogen) atoms. The van der Waals surface area contributed by atoms with Gasteiger partial charge in [-0.25, -0.2) is 4.98 Å². The summed E-state index contributed by atoms with van der Waals surface area (Å²) >= 11 is 5.27. The minimum atomic E-state index is 0.0982. The lowest BCUT2D eigenvalue weighted by Gasteiger charge is -2.30. The minimum absolute atomic E-state index is 0.0982. The first-order valence-electron chi connectivity index (χ1n) is 7.36. The highest BCUT2D eigenvalue weighted by Crippen LogP contribution is 2.26. The number of thioether (sulfide) groups is 1. The summed E-state index contributed by atoms with van der Waals surface area (Å²) < 4.78 is 6.43. The summed E-state index contributed by atoms with van der Waals surface area (Å²) in [5.74, 6) is 2.27. The number of hydrogen-bond donors (Lipinski definition) is 0. The molecule has 114 valence electrons. The summed E-state index contributed by atoms with van der Waals surface area (Å²) in [6, 6.07) is 3.92. The number of rotatable bonds is 4. The Morgan fingerprint density at radius 3 is 3.10 bits per heavy atom. The van der Waals surface area contributed by atoms with Gasteiger partial charge in [0.25, 0.3) is 5.91 Å². The molecular weight excluding hydrogens is 352 g/mol. The highest BCUT2D eigenvalue weighted by molar-refractivity contribution is 9.10. The van der Waals surface area contributed by atoms with Gasteiger partial charge in [0, 0.05) is 36.7 Å². The quantitative estimate of drug-likeness (QED) is 0.764. The summed E-state index contributed by atoms with van der Waals surface area (Å²) in [4.78, 5) is 19.0. The number of hydrogen-bond acceptors (Lipinski definition) is 4. The predicted molar refractivity (Wildman–Crippen MR) is 87.7 cm³/mol. The van der Waals surface area contributed by atoms with E-state index >= 15 is 0 Å². The molecule has 3 heterocycles. The molecule has 4 nitrogen and oxygen atoms in total. The molecule has 0 saturated carbocycles. The lowest BCUT2D eigenvalue weighted by atomic mass is 10.1. The van der Waals surface area contributed by atoms with Gasteiger partial charge in [0.15, 0.2) is 0 Å². The average molecular weight is 371 g/mol. The van der Waals surface area contributed by atoms with E-state index in [1.54, 1.807) is 18.3 Å². The first-order valence-corrected chi connectivity index (χ1v) is 9.30. The summed E-state index contributed by atoms with van der Waals surface area (Å²) in [5.41, 5.74) is 0.701. The predicted octanol–water partition coefficient (Wildman–Crippen LogP) is 2.97. The first kappa shape index (κ1) is 15.3. The maximum Gasteiger partial charge on any atom is 0.254 e. The van der Waals surface area contributed by atoms with Crippen LogP contribution in [0.15, 0.2) is 22.9 Å². The Balaban J connectivity index is 1.77. The fraction of sp³-hybridized carbons (Fsp3) is 0.600. The van der Waals surface area contributed by atoms with Gasteiger partial charge in [-0.3, -0.25) is 4.79 Å². The molecule has 2 fully saturated rings. The van der Waals surface area contributed by atoms with Crippen molar-refractivity contribution in [3.63, 3.8) is 0 Å². The van der Waals surface area contributed by atoms with Crippen LogP contribution in [-0.2, 0) is 4.74 Å². The fourth-order valence-corrected chi connectivity index (χ4v) is 4.46. The highest BCUT2D eigenvalue weighted by atomic mass is 79.9. The smallest absolute Gasteiger partial charge is 0.254 e. The minimum Gasteiger partial charge on any atom is -0.376 e. The first-order chi connectivity index (χ1) is 10.2. The molecule has 2 aliphatic rings. The largest absolute Gasteiger partial charge is 0.376 e. The van der Waals surface area contributed by atoms with Crippen LogP contribution in [0.4, 0.5) is 0 Å². The molecule has 1 amide bonds. The number of aromatic nitrogens is 1. The second-order valence-electron chi connectivity index (χ2n) is 5.48. The Morgan fingerprint density at radius 2 is 2.43 bits per heavy atom. The Hall–Kier alpha value is -0.590. The summed E-state index contributed by atoms with van der Waals surface area (Å²) in [6.07, 6.45) is 5.11. The molecule has 0 radical (unpaired) electrons. The number of carbonyl (C=O) groups excluding carboxylic acids is 1. The van der Waals surface area contributed by atoms with Crippen LogP contribution in [0.3, 0.4) is 0 Å². The van der Waals surface area contributed by atoms with Crippen molar-refractivity contribution in [2.24, 2.45) is 0 Å². The van der Waals surface area contributed by atoms with Gasteiger partial charge in [0.2, 0.25) is 0 Å². The van der Waals surface area contributed by atoms with Gasteiger partial charge in [-0.05, 0) is 53.1 Å². The molecule has 0 aliphatic carbocycles. The lowest BCUT2D eigenvalue weighted by Crippen LogP contribution is -2.44. The highest BCUT2D eigenvalue weighted by Gasteiger charge is 2.31. The van der Waals surface area contributed by atoms with E-state index in [2.05, 4.69) is 20.9 Å². The second-order valence-corrected chi connectivity index (χ2v) is 7.44. The van der Waals surface area contributed by atoms with E-state index in [4.69, 9.17) is 4.74 Å². The van der Waals surface area contributed by atoms with E-state index in [9.17, 15) is 4.79 Å². The van der Waals surface area contributed by atoms with Crippen LogP contribution >= 0.6 is 27.7 Å². The van der Waals surface area contributed by atoms with E-state index in [1.165, 1.54) is 0 Å². The van der Waals surface area contributed by atoms with E-state index in [1.807, 2.05) is 16.7 Å². The standard InChI is InChI=1S/C15H19BrN2O2S/c16-14-8-11(3-5-17-14)15(19)18(12-4-7-21-10-12)9-13-2-1-6-20-13/h3,5,8,12-13H,1-2,4,6-7,9-10H2. The molecule has 6 heteroatoms. The molecule has 1 aromatic heterocycles. The van der Waals surface area contributed by atoms with E-state index < -0.39 is 0 Å². The number of halogens is 1. The molecule has 0 bridgehead atoms. The topological polar surface area (TPSA) is 42.4 Å². The van der Waals surface area contributed by atoms with Gasteiger partial charge in [-0.15, -0.1) is 0 Å². The van der Waals surface area contributed by atoms with Crippen LogP contribution in [0, 0.1) is 0 Å². The number of amides is 1. The van der Waals surface area contributed by atoms with Crippen molar-refractivity contribution in [1.82, 2.24) is 9.88 Å². The second kappa shape index (κ2) is 7.11. The monoisotopic (exact) mass is 370 g/mol. The molecule has 2 unspecified atom stereocenters.